The topological polar surface area (TPSA) is 119 Å². The van der Waals surface area contributed by atoms with Crippen molar-refractivity contribution in [1.29, 1.82) is 0 Å². The van der Waals surface area contributed by atoms with Crippen LogP contribution >= 0.6 is 15.9 Å². The quantitative estimate of drug-likeness (QED) is 0.385. The standard InChI is InChI=1S/C24H21BrFN7O2/c1-11-5-13-16(8-14(11)26)32(23-21(13)22(27)28-10-29-23)9-20(34)33-15-6-12(15)7-17(33)24(35)31-19-4-2-3-18(25)30-19/h2-5,8,10,12,15,17H,6-7,9H2,1H3,(H2,27,28,29)(H,30,31,35)/t12-,15-,17+/m1/s1. The van der Waals surface area contributed by atoms with Crippen LogP contribution in [0.1, 0.15) is 18.4 Å². The number of piperidine rings is 1. The van der Waals surface area contributed by atoms with Crippen LogP contribution in [0.25, 0.3) is 21.9 Å². The van der Waals surface area contributed by atoms with Crippen LogP contribution in [0.3, 0.4) is 0 Å². The lowest BCUT2D eigenvalue weighted by Crippen LogP contribution is -2.46. The van der Waals surface area contributed by atoms with E-state index >= 15 is 0 Å². The number of halogens is 2. The highest BCUT2D eigenvalue weighted by atomic mass is 79.9. The summed E-state index contributed by atoms with van der Waals surface area (Å²) in [5.41, 5.74) is 7.56. The van der Waals surface area contributed by atoms with Crippen molar-refractivity contribution >= 4 is 61.3 Å². The molecule has 4 aromatic rings. The largest absolute Gasteiger partial charge is 0.383 e. The Balaban J connectivity index is 1.34. The average Bonchev–Trinajstić information content (AvgIpc) is 3.37. The Morgan fingerprint density at radius 3 is 2.89 bits per heavy atom. The molecule has 2 fully saturated rings. The van der Waals surface area contributed by atoms with Crippen LogP contribution in [0.15, 0.2) is 41.3 Å². The van der Waals surface area contributed by atoms with Gasteiger partial charge in [-0.15, -0.1) is 0 Å². The SMILES string of the molecule is Cc1cc2c3c(N)ncnc3n(CC(=O)N3[C@@H]4C[C@@H]4C[C@H]3C(=O)Nc3cccc(Br)n3)c2cc1F. The van der Waals surface area contributed by atoms with Gasteiger partial charge in [0.05, 0.1) is 10.9 Å². The number of benzene rings is 1. The number of nitrogens with one attached hydrogen (secondary N) is 1. The minimum absolute atomic E-state index is 0.0282. The second-order valence-corrected chi connectivity index (χ2v) is 9.93. The maximum atomic E-state index is 14.5. The van der Waals surface area contributed by atoms with Gasteiger partial charge in [-0.05, 0) is 71.4 Å². The number of likely N-dealkylation sites (tertiary alicyclic amines) is 1. The number of fused-ring (bicyclic) bond motifs is 4. The molecule has 11 heteroatoms. The molecule has 2 amide bonds. The number of aryl methyl sites for hydroxylation is 1. The fourth-order valence-electron chi connectivity index (χ4n) is 5.17. The van der Waals surface area contributed by atoms with E-state index in [9.17, 15) is 14.0 Å². The number of pyridine rings is 1. The second-order valence-electron chi connectivity index (χ2n) is 9.11. The zero-order chi connectivity index (χ0) is 24.4. The van der Waals surface area contributed by atoms with Crippen LogP contribution in [0.4, 0.5) is 16.0 Å². The molecular weight excluding hydrogens is 517 g/mol. The molecule has 178 valence electrons. The maximum Gasteiger partial charge on any atom is 0.248 e. The van der Waals surface area contributed by atoms with Crippen LogP contribution in [-0.2, 0) is 16.1 Å². The number of rotatable bonds is 4. The number of aromatic nitrogens is 4. The number of carbonyl (C=O) groups excluding carboxylic acids is 2. The third-order valence-corrected chi connectivity index (χ3v) is 7.35. The van der Waals surface area contributed by atoms with Crippen molar-refractivity contribution in [3.8, 4) is 0 Å². The van der Waals surface area contributed by atoms with Gasteiger partial charge in [0.25, 0.3) is 0 Å². The summed E-state index contributed by atoms with van der Waals surface area (Å²) in [6, 6.07) is 7.76. The van der Waals surface area contributed by atoms with Crippen LogP contribution in [0.2, 0.25) is 0 Å². The molecule has 3 atom stereocenters. The van der Waals surface area contributed by atoms with Gasteiger partial charge in [-0.25, -0.2) is 19.3 Å². The summed E-state index contributed by atoms with van der Waals surface area (Å²) in [4.78, 5) is 41.1. The molecule has 3 N–H and O–H groups in total. The Labute approximate surface area is 207 Å². The van der Waals surface area contributed by atoms with Gasteiger partial charge in [-0.1, -0.05) is 6.07 Å². The smallest absolute Gasteiger partial charge is 0.248 e. The van der Waals surface area contributed by atoms with Crippen molar-refractivity contribution in [2.24, 2.45) is 5.92 Å². The van der Waals surface area contributed by atoms with Gasteiger partial charge in [0.2, 0.25) is 11.8 Å². The highest BCUT2D eigenvalue weighted by molar-refractivity contribution is 9.10. The van der Waals surface area contributed by atoms with Gasteiger partial charge in [-0.2, -0.15) is 0 Å². The van der Waals surface area contributed by atoms with E-state index in [0.717, 1.165) is 6.42 Å². The number of nitrogen functional groups attached to an aromatic ring is 1. The van der Waals surface area contributed by atoms with E-state index in [1.165, 1.54) is 12.4 Å². The van der Waals surface area contributed by atoms with Crippen molar-refractivity contribution in [2.75, 3.05) is 11.1 Å². The van der Waals surface area contributed by atoms with Crippen molar-refractivity contribution in [3.05, 3.63) is 52.6 Å². The van der Waals surface area contributed by atoms with E-state index in [2.05, 4.69) is 36.2 Å². The Bertz CT molecular complexity index is 1540. The van der Waals surface area contributed by atoms with E-state index in [0.29, 0.717) is 50.3 Å². The summed E-state index contributed by atoms with van der Waals surface area (Å²) in [7, 11) is 0. The second kappa shape index (κ2) is 7.98. The summed E-state index contributed by atoms with van der Waals surface area (Å²) < 4.78 is 16.8. The Morgan fingerprint density at radius 1 is 1.26 bits per heavy atom. The Kier molecular flexibility index (Phi) is 4.99. The number of amides is 2. The molecule has 1 aliphatic carbocycles. The van der Waals surface area contributed by atoms with Crippen LogP contribution in [0, 0.1) is 18.7 Å². The molecule has 0 spiro atoms. The van der Waals surface area contributed by atoms with E-state index < -0.39 is 6.04 Å². The lowest BCUT2D eigenvalue weighted by Gasteiger charge is -2.27. The fraction of sp³-hybridized carbons (Fsp3) is 0.292. The Hall–Kier alpha value is -3.60. The molecule has 1 aromatic carbocycles. The predicted molar refractivity (Wildman–Crippen MR) is 132 cm³/mol. The van der Waals surface area contributed by atoms with E-state index in [4.69, 9.17) is 5.73 Å². The molecule has 1 aliphatic heterocycles. The van der Waals surface area contributed by atoms with Gasteiger partial charge in [-0.3, -0.25) is 9.59 Å². The van der Waals surface area contributed by atoms with Gasteiger partial charge in [0.15, 0.2) is 0 Å². The molecule has 35 heavy (non-hydrogen) atoms. The zero-order valence-electron chi connectivity index (χ0n) is 18.7. The third-order valence-electron chi connectivity index (χ3n) is 6.90. The Morgan fingerprint density at radius 2 is 2.09 bits per heavy atom. The monoisotopic (exact) mass is 537 g/mol. The normalized spacial score (nSPS) is 20.9. The number of carbonyl (C=O) groups is 2. The molecule has 1 saturated heterocycles. The van der Waals surface area contributed by atoms with Gasteiger partial charge in [0.1, 0.15) is 46.6 Å². The number of anilines is 2. The summed E-state index contributed by atoms with van der Waals surface area (Å²) in [5, 5.41) is 4.09. The van der Waals surface area contributed by atoms with Crippen LogP contribution < -0.4 is 11.1 Å². The van der Waals surface area contributed by atoms with Crippen LogP contribution in [-0.4, -0.2) is 48.3 Å². The van der Waals surface area contributed by atoms with Gasteiger partial charge < -0.3 is 20.5 Å². The average molecular weight is 538 g/mol. The molecule has 3 aromatic heterocycles. The zero-order valence-corrected chi connectivity index (χ0v) is 20.3. The lowest BCUT2D eigenvalue weighted by atomic mass is 10.1. The summed E-state index contributed by atoms with van der Waals surface area (Å²) in [5.74, 6) is 0.0993. The molecule has 0 radical (unpaired) electrons. The summed E-state index contributed by atoms with van der Waals surface area (Å²) in [6.07, 6.45) is 2.81. The van der Waals surface area contributed by atoms with E-state index in [1.807, 2.05) is 0 Å². The summed E-state index contributed by atoms with van der Waals surface area (Å²) >= 11 is 3.30. The predicted octanol–water partition coefficient (Wildman–Crippen LogP) is 3.40. The number of nitrogens with zero attached hydrogens (tertiary/aromatic N) is 5. The van der Waals surface area contributed by atoms with Crippen molar-refractivity contribution in [1.82, 2.24) is 24.4 Å². The maximum absolute atomic E-state index is 14.5. The van der Waals surface area contributed by atoms with E-state index in [-0.39, 0.29) is 36.0 Å². The van der Waals surface area contributed by atoms with Crippen molar-refractivity contribution < 1.29 is 14.0 Å². The molecule has 2 aliphatic rings. The first-order valence-electron chi connectivity index (χ1n) is 11.2. The van der Waals surface area contributed by atoms with Crippen molar-refractivity contribution in [3.63, 3.8) is 0 Å². The summed E-state index contributed by atoms with van der Waals surface area (Å²) in [6.45, 7) is 1.57. The van der Waals surface area contributed by atoms with Gasteiger partial charge in [0, 0.05) is 11.4 Å². The molecule has 6 rings (SSSR count). The molecule has 0 unspecified atom stereocenters. The molecule has 0 bridgehead atoms. The molecular formula is C24H21BrFN7O2. The van der Waals surface area contributed by atoms with Crippen LogP contribution in [0.5, 0.6) is 0 Å². The first kappa shape index (κ1) is 21.9. The highest BCUT2D eigenvalue weighted by Crippen LogP contribution is 2.48. The van der Waals surface area contributed by atoms with E-state index in [1.54, 1.807) is 40.7 Å². The molecule has 4 heterocycles. The van der Waals surface area contributed by atoms with Crippen molar-refractivity contribution in [2.45, 2.75) is 38.4 Å². The minimum atomic E-state index is -0.598. The first-order chi connectivity index (χ1) is 16.8. The molecule has 1 saturated carbocycles. The molecule has 9 nitrogen and oxygen atoms in total. The number of hydrogen-bond donors (Lipinski definition) is 2. The number of nitrogens with two attached hydrogens (primary N) is 1. The fourth-order valence-corrected chi connectivity index (χ4v) is 5.52. The van der Waals surface area contributed by atoms with Gasteiger partial charge >= 0.3 is 0 Å². The minimum Gasteiger partial charge on any atom is -0.383 e. The third kappa shape index (κ3) is 3.61. The first-order valence-corrected chi connectivity index (χ1v) is 12.0. The lowest BCUT2D eigenvalue weighted by molar-refractivity contribution is -0.138. The highest BCUT2D eigenvalue weighted by Gasteiger charge is 2.56. The number of hydrogen-bond acceptors (Lipinski definition) is 6.